The Kier molecular flexibility index (Phi) is 12.0. The Bertz CT molecular complexity index is 1260. The molecule has 1 aliphatic rings. The van der Waals surface area contributed by atoms with Crippen LogP contribution in [-0.4, -0.2) is 11.6 Å². The number of benzene rings is 3. The van der Waals surface area contributed by atoms with Crippen molar-refractivity contribution in [2.45, 2.75) is 83.0 Å². The van der Waals surface area contributed by atoms with E-state index in [1.807, 2.05) is 30.3 Å². The van der Waals surface area contributed by atoms with Crippen LogP contribution >= 0.6 is 0 Å². The topological polar surface area (TPSA) is 91.3 Å². The van der Waals surface area contributed by atoms with Crippen molar-refractivity contribution in [1.29, 1.82) is 5.26 Å². The summed E-state index contributed by atoms with van der Waals surface area (Å²) in [6.45, 7) is 0. The van der Waals surface area contributed by atoms with Gasteiger partial charge in [-0.2, -0.15) is 10.3 Å². The number of nitrogens with two attached hydrogens (primary N) is 1. The fraction of sp³-hybridized carbons (Fsp3) is 0.417. The minimum atomic E-state index is -0.116. The SMILES string of the molecule is N#CN=C(CCCCCCc1ccccc1)C1CCCCC(C(=O)Nc2ccc(N)cc2)C(c2ccccc2)CC1. The fourth-order valence-electron chi connectivity index (χ4n) is 6.28. The molecule has 5 heteroatoms. The molecule has 0 saturated heterocycles. The number of rotatable bonds is 11. The molecule has 214 valence electrons. The highest BCUT2D eigenvalue weighted by Gasteiger charge is 2.32. The number of amides is 1. The molecule has 41 heavy (non-hydrogen) atoms. The van der Waals surface area contributed by atoms with Crippen LogP contribution in [0.3, 0.4) is 0 Å². The van der Waals surface area contributed by atoms with Crippen LogP contribution < -0.4 is 11.1 Å². The first kappa shape index (κ1) is 30.1. The van der Waals surface area contributed by atoms with Gasteiger partial charge in [0.1, 0.15) is 0 Å². The molecule has 1 fully saturated rings. The maximum atomic E-state index is 13.6. The number of aryl methyl sites for hydroxylation is 1. The Hall–Kier alpha value is -3.91. The Morgan fingerprint density at radius 3 is 2.24 bits per heavy atom. The molecule has 3 aromatic carbocycles. The highest BCUT2D eigenvalue weighted by atomic mass is 16.1. The summed E-state index contributed by atoms with van der Waals surface area (Å²) in [5, 5.41) is 12.7. The third-order valence-corrected chi connectivity index (χ3v) is 8.53. The molecule has 0 heterocycles. The average molecular weight is 549 g/mol. The van der Waals surface area contributed by atoms with Gasteiger partial charge >= 0.3 is 0 Å². The fourth-order valence-corrected chi connectivity index (χ4v) is 6.28. The monoisotopic (exact) mass is 548 g/mol. The van der Waals surface area contributed by atoms with Gasteiger partial charge in [-0.3, -0.25) is 4.79 Å². The van der Waals surface area contributed by atoms with Crippen LogP contribution in [0.15, 0.2) is 89.9 Å². The number of nitriles is 1. The molecule has 0 aliphatic heterocycles. The summed E-state index contributed by atoms with van der Waals surface area (Å²) in [6, 6.07) is 28.5. The molecule has 1 aliphatic carbocycles. The van der Waals surface area contributed by atoms with Crippen LogP contribution in [-0.2, 0) is 11.2 Å². The zero-order chi connectivity index (χ0) is 28.7. The number of carbonyl (C=O) groups is 1. The Morgan fingerprint density at radius 1 is 0.829 bits per heavy atom. The third-order valence-electron chi connectivity index (χ3n) is 8.53. The second-order valence-electron chi connectivity index (χ2n) is 11.4. The smallest absolute Gasteiger partial charge is 0.228 e. The minimum absolute atomic E-state index is 0.0727. The number of unbranched alkanes of at least 4 members (excludes halogenated alkanes) is 3. The summed E-state index contributed by atoms with van der Waals surface area (Å²) in [6.07, 6.45) is 14.5. The highest BCUT2D eigenvalue weighted by Crippen LogP contribution is 2.38. The summed E-state index contributed by atoms with van der Waals surface area (Å²) >= 11 is 0. The van der Waals surface area contributed by atoms with E-state index in [0.717, 1.165) is 75.6 Å². The van der Waals surface area contributed by atoms with Crippen molar-refractivity contribution in [2.24, 2.45) is 16.8 Å². The van der Waals surface area contributed by atoms with Gasteiger partial charge in [0.25, 0.3) is 0 Å². The zero-order valence-electron chi connectivity index (χ0n) is 24.2. The summed E-state index contributed by atoms with van der Waals surface area (Å²) < 4.78 is 0. The Morgan fingerprint density at radius 2 is 1.51 bits per heavy atom. The summed E-state index contributed by atoms with van der Waals surface area (Å²) in [7, 11) is 0. The average Bonchev–Trinajstić information content (AvgIpc) is 3.11. The number of carbonyl (C=O) groups excluding carboxylic acids is 1. The van der Waals surface area contributed by atoms with Crippen molar-refractivity contribution >= 4 is 23.0 Å². The van der Waals surface area contributed by atoms with Crippen molar-refractivity contribution in [3.8, 4) is 6.19 Å². The molecule has 0 bridgehead atoms. The van der Waals surface area contributed by atoms with E-state index in [-0.39, 0.29) is 17.7 Å². The van der Waals surface area contributed by atoms with Crippen LogP contribution in [0.25, 0.3) is 0 Å². The molecular formula is C36H44N4O. The minimum Gasteiger partial charge on any atom is -0.399 e. The summed E-state index contributed by atoms with van der Waals surface area (Å²) in [4.78, 5) is 18.0. The summed E-state index contributed by atoms with van der Waals surface area (Å²) in [5.41, 5.74) is 11.0. The molecule has 0 spiro atoms. The maximum Gasteiger partial charge on any atom is 0.228 e. The van der Waals surface area contributed by atoms with Crippen molar-refractivity contribution in [3.63, 3.8) is 0 Å². The first-order valence-electron chi connectivity index (χ1n) is 15.3. The van der Waals surface area contributed by atoms with E-state index in [0.29, 0.717) is 11.6 Å². The van der Waals surface area contributed by atoms with E-state index in [9.17, 15) is 10.1 Å². The van der Waals surface area contributed by atoms with Gasteiger partial charge < -0.3 is 11.1 Å². The van der Waals surface area contributed by atoms with E-state index in [1.54, 1.807) is 0 Å². The lowest BCUT2D eigenvalue weighted by Crippen LogP contribution is -2.28. The van der Waals surface area contributed by atoms with Crippen molar-refractivity contribution in [1.82, 2.24) is 0 Å². The number of hydrogen-bond acceptors (Lipinski definition) is 4. The van der Waals surface area contributed by atoms with Gasteiger partial charge in [-0.25, -0.2) is 0 Å². The molecule has 5 nitrogen and oxygen atoms in total. The van der Waals surface area contributed by atoms with E-state index < -0.39 is 0 Å². The van der Waals surface area contributed by atoms with Crippen molar-refractivity contribution in [2.75, 3.05) is 11.1 Å². The molecule has 3 N–H and O–H groups in total. The third kappa shape index (κ3) is 9.60. The van der Waals surface area contributed by atoms with Crippen LogP contribution in [0, 0.1) is 23.3 Å². The number of anilines is 2. The van der Waals surface area contributed by atoms with E-state index in [1.165, 1.54) is 24.0 Å². The molecule has 1 amide bonds. The molecule has 3 unspecified atom stereocenters. The highest BCUT2D eigenvalue weighted by molar-refractivity contribution is 5.93. The van der Waals surface area contributed by atoms with Gasteiger partial charge in [-0.05, 0) is 98.6 Å². The second-order valence-corrected chi connectivity index (χ2v) is 11.4. The lowest BCUT2D eigenvalue weighted by Gasteiger charge is -2.27. The first-order valence-corrected chi connectivity index (χ1v) is 15.3. The van der Waals surface area contributed by atoms with Gasteiger partial charge in [0.15, 0.2) is 0 Å². The quantitative estimate of drug-likeness (QED) is 0.109. The zero-order valence-corrected chi connectivity index (χ0v) is 24.2. The maximum absolute atomic E-state index is 13.6. The molecular weight excluding hydrogens is 504 g/mol. The number of aliphatic imine (C=N–C) groups is 1. The standard InChI is InChI=1S/C36H44N4O/c37-27-39-35(20-10-2-1-5-13-28-14-6-3-7-15-28)30-18-11-12-19-34(33(26-21-30)29-16-8-4-9-17-29)36(41)40-32-24-22-31(38)23-25-32/h3-4,6-9,14-17,22-25,30,33-34H,1-2,5,10-13,18-21,26,38H2,(H,40,41). The molecule has 3 aromatic rings. The number of nitrogens with zero attached hydrogens (tertiary/aromatic N) is 2. The van der Waals surface area contributed by atoms with Crippen LogP contribution in [0.5, 0.6) is 0 Å². The number of nitrogens with one attached hydrogen (secondary N) is 1. The lowest BCUT2D eigenvalue weighted by molar-refractivity contribution is -0.120. The lowest BCUT2D eigenvalue weighted by atomic mass is 9.78. The van der Waals surface area contributed by atoms with Crippen LogP contribution in [0.2, 0.25) is 0 Å². The Labute approximate surface area is 245 Å². The van der Waals surface area contributed by atoms with E-state index >= 15 is 0 Å². The predicted octanol–water partition coefficient (Wildman–Crippen LogP) is 8.69. The van der Waals surface area contributed by atoms with Crippen LogP contribution in [0.1, 0.15) is 87.7 Å². The van der Waals surface area contributed by atoms with Gasteiger partial charge in [-0.15, -0.1) is 0 Å². The molecule has 0 radical (unpaired) electrons. The first-order chi connectivity index (χ1) is 20.1. The largest absolute Gasteiger partial charge is 0.399 e. The Balaban J connectivity index is 1.39. The molecule has 4 rings (SSSR count). The predicted molar refractivity (Wildman–Crippen MR) is 170 cm³/mol. The number of hydrogen-bond donors (Lipinski definition) is 2. The van der Waals surface area contributed by atoms with Gasteiger partial charge in [0.05, 0.1) is 0 Å². The molecule has 0 aromatic heterocycles. The second kappa shape index (κ2) is 16.4. The molecule has 3 atom stereocenters. The van der Waals surface area contributed by atoms with Crippen molar-refractivity contribution in [3.05, 3.63) is 96.1 Å². The van der Waals surface area contributed by atoms with Gasteiger partial charge in [-0.1, -0.05) is 86.3 Å². The molecule has 1 saturated carbocycles. The van der Waals surface area contributed by atoms with Gasteiger partial charge in [0, 0.05) is 23.0 Å². The van der Waals surface area contributed by atoms with E-state index in [2.05, 4.69) is 71.1 Å². The van der Waals surface area contributed by atoms with Crippen molar-refractivity contribution < 1.29 is 4.79 Å². The van der Waals surface area contributed by atoms with Crippen LogP contribution in [0.4, 0.5) is 11.4 Å². The van der Waals surface area contributed by atoms with E-state index in [4.69, 9.17) is 5.73 Å². The summed E-state index contributed by atoms with van der Waals surface area (Å²) in [5.74, 6) is 0.370. The normalized spacial score (nSPS) is 19.8. The number of nitrogen functional groups attached to an aromatic ring is 1. The van der Waals surface area contributed by atoms with Gasteiger partial charge in [0.2, 0.25) is 12.1 Å².